The average Bonchev–Trinajstić information content (AvgIpc) is 1.88. The lowest BCUT2D eigenvalue weighted by Gasteiger charge is -1.99. The maximum absolute atomic E-state index is 12.5. The van der Waals surface area contributed by atoms with Crippen LogP contribution in [0.15, 0.2) is 23.6 Å². The second kappa shape index (κ2) is 2.44. The zero-order chi connectivity index (χ0) is 7.56. The van der Waals surface area contributed by atoms with Gasteiger partial charge in [0.1, 0.15) is 11.9 Å². The highest BCUT2D eigenvalue weighted by molar-refractivity contribution is 5.93. The van der Waals surface area contributed by atoms with Gasteiger partial charge >= 0.3 is 0 Å². The SMILES string of the molecule is N#CC1=C(F)CC(=O)C=C1. The fourth-order valence-electron chi connectivity index (χ4n) is 0.672. The van der Waals surface area contributed by atoms with Crippen molar-refractivity contribution in [3.63, 3.8) is 0 Å². The molecule has 0 aliphatic heterocycles. The molecule has 1 aliphatic carbocycles. The monoisotopic (exact) mass is 137 g/mol. The molecule has 0 aromatic heterocycles. The van der Waals surface area contributed by atoms with Crippen LogP contribution in [0, 0.1) is 11.3 Å². The Bertz CT molecular complexity index is 270. The second-order valence-corrected chi connectivity index (χ2v) is 1.91. The van der Waals surface area contributed by atoms with E-state index in [4.69, 9.17) is 5.26 Å². The minimum atomic E-state index is -0.630. The van der Waals surface area contributed by atoms with Gasteiger partial charge in [-0.05, 0) is 12.2 Å². The van der Waals surface area contributed by atoms with Crippen LogP contribution in [-0.2, 0) is 4.79 Å². The lowest BCUT2D eigenvalue weighted by molar-refractivity contribution is -0.114. The summed E-state index contributed by atoms with van der Waals surface area (Å²) in [6.45, 7) is 0. The molecule has 0 fully saturated rings. The van der Waals surface area contributed by atoms with E-state index in [1.807, 2.05) is 0 Å². The van der Waals surface area contributed by atoms with Crippen LogP contribution in [-0.4, -0.2) is 5.78 Å². The Morgan fingerprint density at radius 1 is 1.60 bits per heavy atom. The number of nitrogens with zero attached hydrogens (tertiary/aromatic N) is 1. The van der Waals surface area contributed by atoms with E-state index in [-0.39, 0.29) is 17.8 Å². The van der Waals surface area contributed by atoms with Crippen molar-refractivity contribution in [3.05, 3.63) is 23.6 Å². The van der Waals surface area contributed by atoms with Crippen molar-refractivity contribution >= 4 is 5.78 Å². The molecule has 0 atom stereocenters. The summed E-state index contributed by atoms with van der Waals surface area (Å²) in [6, 6.07) is 1.64. The van der Waals surface area contributed by atoms with Crippen LogP contribution in [0.25, 0.3) is 0 Å². The number of nitriles is 1. The van der Waals surface area contributed by atoms with Crippen LogP contribution in [0.5, 0.6) is 0 Å². The Morgan fingerprint density at radius 3 is 2.80 bits per heavy atom. The molecule has 0 amide bonds. The number of carbonyl (C=O) groups excluding carboxylic acids is 1. The summed E-state index contributed by atoms with van der Waals surface area (Å²) < 4.78 is 12.5. The van der Waals surface area contributed by atoms with E-state index in [2.05, 4.69) is 0 Å². The molecule has 0 heterocycles. The van der Waals surface area contributed by atoms with Gasteiger partial charge in [0.2, 0.25) is 0 Å². The van der Waals surface area contributed by atoms with Gasteiger partial charge in [-0.2, -0.15) is 5.26 Å². The lowest BCUT2D eigenvalue weighted by atomic mass is 10.1. The fraction of sp³-hybridized carbons (Fsp3) is 0.143. The molecule has 10 heavy (non-hydrogen) atoms. The Kier molecular flexibility index (Phi) is 1.63. The third-order valence-corrected chi connectivity index (χ3v) is 1.18. The molecule has 50 valence electrons. The van der Waals surface area contributed by atoms with E-state index in [1.165, 1.54) is 12.2 Å². The quantitative estimate of drug-likeness (QED) is 0.504. The number of hydrogen-bond acceptors (Lipinski definition) is 2. The van der Waals surface area contributed by atoms with Crippen molar-refractivity contribution in [2.45, 2.75) is 6.42 Å². The van der Waals surface area contributed by atoms with E-state index < -0.39 is 5.83 Å². The van der Waals surface area contributed by atoms with Gasteiger partial charge in [0.15, 0.2) is 5.78 Å². The van der Waals surface area contributed by atoms with E-state index >= 15 is 0 Å². The third-order valence-electron chi connectivity index (χ3n) is 1.18. The highest BCUT2D eigenvalue weighted by Crippen LogP contribution is 2.16. The Labute approximate surface area is 57.3 Å². The molecule has 0 aromatic rings. The molecule has 0 aromatic carbocycles. The molecule has 0 saturated carbocycles. The molecular formula is C7H4FNO. The summed E-state index contributed by atoms with van der Waals surface area (Å²) in [5.41, 5.74) is -0.0420. The van der Waals surface area contributed by atoms with Crippen molar-refractivity contribution in [1.82, 2.24) is 0 Å². The fourth-order valence-corrected chi connectivity index (χ4v) is 0.672. The second-order valence-electron chi connectivity index (χ2n) is 1.91. The van der Waals surface area contributed by atoms with Gasteiger partial charge in [0, 0.05) is 0 Å². The Balaban J connectivity index is 2.96. The minimum Gasteiger partial charge on any atom is -0.294 e. The summed E-state index contributed by atoms with van der Waals surface area (Å²) in [7, 11) is 0. The largest absolute Gasteiger partial charge is 0.294 e. The van der Waals surface area contributed by atoms with Crippen LogP contribution >= 0.6 is 0 Å². The summed E-state index contributed by atoms with van der Waals surface area (Å²) in [5.74, 6) is -0.925. The lowest BCUT2D eigenvalue weighted by Crippen LogP contribution is -1.99. The highest BCUT2D eigenvalue weighted by atomic mass is 19.1. The maximum Gasteiger partial charge on any atom is 0.162 e. The maximum atomic E-state index is 12.5. The highest BCUT2D eigenvalue weighted by Gasteiger charge is 2.12. The molecule has 0 unspecified atom stereocenters. The smallest absolute Gasteiger partial charge is 0.162 e. The first-order valence-electron chi connectivity index (χ1n) is 2.73. The number of carbonyl (C=O) groups is 1. The zero-order valence-corrected chi connectivity index (χ0v) is 5.10. The number of rotatable bonds is 0. The normalized spacial score (nSPS) is 17.4. The first kappa shape index (κ1) is 6.69. The molecule has 0 N–H and O–H groups in total. The number of halogens is 1. The van der Waals surface area contributed by atoms with E-state index in [0.29, 0.717) is 0 Å². The van der Waals surface area contributed by atoms with Crippen LogP contribution < -0.4 is 0 Å². The van der Waals surface area contributed by atoms with Gasteiger partial charge < -0.3 is 0 Å². The Morgan fingerprint density at radius 2 is 2.30 bits per heavy atom. The topological polar surface area (TPSA) is 40.9 Å². The molecule has 0 spiro atoms. The van der Waals surface area contributed by atoms with E-state index in [9.17, 15) is 9.18 Å². The molecule has 1 aliphatic rings. The minimum absolute atomic E-state index is 0.0420. The molecule has 1 rings (SSSR count). The molecule has 2 nitrogen and oxygen atoms in total. The predicted molar refractivity (Wildman–Crippen MR) is 32.5 cm³/mol. The summed E-state index contributed by atoms with van der Waals surface area (Å²) in [6.07, 6.45) is 2.14. The van der Waals surface area contributed by atoms with Crippen LogP contribution in [0.1, 0.15) is 6.42 Å². The molecule has 3 heteroatoms. The van der Waals surface area contributed by atoms with Crippen LogP contribution in [0.3, 0.4) is 0 Å². The average molecular weight is 137 g/mol. The first-order chi connectivity index (χ1) is 4.74. The van der Waals surface area contributed by atoms with Gasteiger partial charge in [-0.15, -0.1) is 0 Å². The zero-order valence-electron chi connectivity index (χ0n) is 5.10. The summed E-state index contributed by atoms with van der Waals surface area (Å²) in [5, 5.41) is 8.24. The molecule has 0 saturated heterocycles. The van der Waals surface area contributed by atoms with Gasteiger partial charge in [-0.1, -0.05) is 0 Å². The van der Waals surface area contributed by atoms with Gasteiger partial charge in [0.25, 0.3) is 0 Å². The standard InChI is InChI=1S/C7H4FNO/c8-7-3-6(10)2-1-5(7)4-9/h1-2H,3H2. The van der Waals surface area contributed by atoms with Crippen molar-refractivity contribution in [3.8, 4) is 6.07 Å². The van der Waals surface area contributed by atoms with Crippen molar-refractivity contribution in [1.29, 1.82) is 5.26 Å². The van der Waals surface area contributed by atoms with Crippen LogP contribution in [0.4, 0.5) is 4.39 Å². The number of allylic oxidation sites excluding steroid dienone is 4. The first-order valence-corrected chi connectivity index (χ1v) is 2.73. The molecule has 0 radical (unpaired) electrons. The molecular weight excluding hydrogens is 133 g/mol. The van der Waals surface area contributed by atoms with Gasteiger partial charge in [-0.3, -0.25) is 4.79 Å². The predicted octanol–water partition coefficient (Wildman–Crippen LogP) is 1.26. The third kappa shape index (κ3) is 1.11. The van der Waals surface area contributed by atoms with E-state index in [1.54, 1.807) is 6.07 Å². The summed E-state index contributed by atoms with van der Waals surface area (Å²) >= 11 is 0. The van der Waals surface area contributed by atoms with Crippen molar-refractivity contribution in [2.24, 2.45) is 0 Å². The van der Waals surface area contributed by atoms with Crippen molar-refractivity contribution < 1.29 is 9.18 Å². The number of hydrogen-bond donors (Lipinski definition) is 0. The Hall–Kier alpha value is -1.43. The van der Waals surface area contributed by atoms with Crippen molar-refractivity contribution in [2.75, 3.05) is 0 Å². The summed E-state index contributed by atoms with van der Waals surface area (Å²) in [4.78, 5) is 10.5. The number of ketones is 1. The van der Waals surface area contributed by atoms with E-state index in [0.717, 1.165) is 0 Å². The van der Waals surface area contributed by atoms with Crippen LogP contribution in [0.2, 0.25) is 0 Å². The van der Waals surface area contributed by atoms with Gasteiger partial charge in [0.05, 0.1) is 12.0 Å². The van der Waals surface area contributed by atoms with Gasteiger partial charge in [-0.25, -0.2) is 4.39 Å². The molecule has 0 bridgehead atoms.